The fourth-order valence-electron chi connectivity index (χ4n) is 2.32. The van der Waals surface area contributed by atoms with E-state index in [9.17, 15) is 21.8 Å². The molecular formula is C18H14F4N2OS2. The van der Waals surface area contributed by atoms with Crippen LogP contribution < -0.4 is 4.72 Å². The van der Waals surface area contributed by atoms with Gasteiger partial charge in [-0.1, -0.05) is 30.3 Å². The maximum Gasteiger partial charge on any atom is 0.481 e. The first-order valence-electron chi connectivity index (χ1n) is 7.65. The molecule has 0 saturated carbocycles. The topological polar surface area (TPSA) is 42.0 Å². The third-order valence-electron chi connectivity index (χ3n) is 3.67. The minimum Gasteiger partial charge on any atom is -0.306 e. The number of benzene rings is 2. The van der Waals surface area contributed by atoms with E-state index in [1.54, 1.807) is 29.6 Å². The number of thiazole rings is 1. The molecule has 9 heteroatoms. The quantitative estimate of drug-likeness (QED) is 0.466. The minimum atomic E-state index is -4.96. The van der Waals surface area contributed by atoms with Crippen LogP contribution in [0.4, 0.5) is 23.2 Å². The summed E-state index contributed by atoms with van der Waals surface area (Å²) < 4.78 is 65.6. The molecule has 1 atom stereocenters. The first kappa shape index (κ1) is 19.4. The van der Waals surface area contributed by atoms with Crippen LogP contribution in [0.2, 0.25) is 0 Å². The van der Waals surface area contributed by atoms with E-state index in [1.807, 2.05) is 4.72 Å². The summed E-state index contributed by atoms with van der Waals surface area (Å²) in [5.41, 5.74) is -3.34. The zero-order chi connectivity index (χ0) is 19.7. The lowest BCUT2D eigenvalue weighted by Gasteiger charge is -2.15. The van der Waals surface area contributed by atoms with Crippen molar-refractivity contribution in [2.75, 3.05) is 4.72 Å². The summed E-state index contributed by atoms with van der Waals surface area (Å²) in [6, 6.07) is 12.4. The Balaban J connectivity index is 1.82. The number of hydrogen-bond acceptors (Lipinski definition) is 3. The second kappa shape index (κ2) is 7.32. The summed E-state index contributed by atoms with van der Waals surface area (Å²) in [5.74, 6) is 2.42. The van der Waals surface area contributed by atoms with Gasteiger partial charge in [-0.05, 0) is 29.6 Å². The van der Waals surface area contributed by atoms with Crippen molar-refractivity contribution in [3.05, 3.63) is 70.3 Å². The zero-order valence-electron chi connectivity index (χ0n) is 13.8. The zero-order valence-corrected chi connectivity index (χ0v) is 15.4. The standard InChI is InChI=1S/C18H14F4N2OS2/c1-27(25,18(20,21)22)24-14-7-4-6-13(9-14)16-11-26-17(23-16)10-12-5-2-3-8-15(12)19/h2-9,11H,1,10H2,(H,24,25). The lowest BCUT2D eigenvalue weighted by atomic mass is 10.1. The first-order valence-corrected chi connectivity index (χ1v) is 10.3. The minimum absolute atomic E-state index is 0.0217. The van der Waals surface area contributed by atoms with Crippen molar-refractivity contribution in [2.45, 2.75) is 11.9 Å². The number of rotatable bonds is 5. The van der Waals surface area contributed by atoms with Crippen molar-refractivity contribution >= 4 is 32.6 Å². The Kier molecular flexibility index (Phi) is 5.25. The molecule has 0 aliphatic rings. The average molecular weight is 414 g/mol. The molecule has 0 amide bonds. The second-order valence-electron chi connectivity index (χ2n) is 5.70. The maximum absolute atomic E-state index is 13.8. The Morgan fingerprint density at radius 3 is 2.59 bits per heavy atom. The van der Waals surface area contributed by atoms with E-state index >= 15 is 0 Å². The number of anilines is 1. The molecule has 3 aromatic rings. The van der Waals surface area contributed by atoms with Gasteiger partial charge in [-0.15, -0.1) is 11.3 Å². The number of alkyl halides is 3. The van der Waals surface area contributed by atoms with Crippen molar-refractivity contribution in [2.24, 2.45) is 0 Å². The van der Waals surface area contributed by atoms with Gasteiger partial charge in [0, 0.05) is 23.1 Å². The summed E-state index contributed by atoms with van der Waals surface area (Å²) in [6.45, 7) is 0. The van der Waals surface area contributed by atoms with Gasteiger partial charge in [0.05, 0.1) is 10.7 Å². The summed E-state index contributed by atoms with van der Waals surface area (Å²) in [4.78, 5) is 4.42. The molecule has 1 heterocycles. The van der Waals surface area contributed by atoms with Crippen LogP contribution in [0.25, 0.3) is 11.3 Å². The molecule has 0 spiro atoms. The van der Waals surface area contributed by atoms with Crippen molar-refractivity contribution < 1.29 is 21.8 Å². The molecular weight excluding hydrogens is 400 g/mol. The molecule has 142 valence electrons. The van der Waals surface area contributed by atoms with Crippen molar-refractivity contribution in [3.63, 3.8) is 0 Å². The van der Waals surface area contributed by atoms with Gasteiger partial charge in [0.1, 0.15) is 15.5 Å². The van der Waals surface area contributed by atoms with Gasteiger partial charge in [-0.2, -0.15) is 13.2 Å². The lowest BCUT2D eigenvalue weighted by Crippen LogP contribution is -2.29. The van der Waals surface area contributed by atoms with Gasteiger partial charge in [0.25, 0.3) is 0 Å². The third-order valence-corrected chi connectivity index (χ3v) is 5.83. The Morgan fingerprint density at radius 1 is 1.15 bits per heavy atom. The summed E-state index contributed by atoms with van der Waals surface area (Å²) >= 11 is 1.32. The fraction of sp³-hybridized carbons (Fsp3) is 0.111. The molecule has 0 saturated heterocycles. The molecule has 0 aliphatic carbocycles. The highest BCUT2D eigenvalue weighted by Gasteiger charge is 2.39. The van der Waals surface area contributed by atoms with Gasteiger partial charge < -0.3 is 4.72 Å². The van der Waals surface area contributed by atoms with Crippen LogP contribution in [-0.2, 0) is 16.1 Å². The first-order chi connectivity index (χ1) is 12.7. The van der Waals surface area contributed by atoms with Crippen molar-refractivity contribution in [3.8, 4) is 11.3 Å². The number of nitrogens with zero attached hydrogens (tertiary/aromatic N) is 1. The van der Waals surface area contributed by atoms with Crippen LogP contribution in [-0.4, -0.2) is 20.6 Å². The van der Waals surface area contributed by atoms with Gasteiger partial charge in [0.2, 0.25) is 0 Å². The predicted molar refractivity (Wildman–Crippen MR) is 102 cm³/mol. The van der Waals surface area contributed by atoms with Crippen LogP contribution in [0.3, 0.4) is 0 Å². The number of aromatic nitrogens is 1. The molecule has 2 aromatic carbocycles. The summed E-state index contributed by atoms with van der Waals surface area (Å²) in [6.07, 6.45) is 0.316. The van der Waals surface area contributed by atoms with E-state index in [0.29, 0.717) is 28.2 Å². The number of hydrogen-bond donors (Lipinski definition) is 1. The number of halogens is 4. The molecule has 0 fully saturated rings. The number of nitrogens with one attached hydrogen (secondary N) is 1. The highest BCUT2D eigenvalue weighted by Crippen LogP contribution is 2.29. The lowest BCUT2D eigenvalue weighted by molar-refractivity contribution is -0.0386. The van der Waals surface area contributed by atoms with E-state index in [0.717, 1.165) is 0 Å². The fourth-order valence-corrected chi connectivity index (χ4v) is 3.77. The van der Waals surface area contributed by atoms with Gasteiger partial charge in [-0.3, -0.25) is 0 Å². The van der Waals surface area contributed by atoms with Crippen LogP contribution in [0, 0.1) is 5.82 Å². The van der Waals surface area contributed by atoms with Gasteiger partial charge >= 0.3 is 5.51 Å². The Labute approximate surface area is 157 Å². The molecule has 0 bridgehead atoms. The SMILES string of the molecule is C=S(=O)(Nc1cccc(-c2csc(Cc3ccccc3F)n2)c1)C(F)(F)F. The van der Waals surface area contributed by atoms with Gasteiger partial charge in [-0.25, -0.2) is 13.6 Å². The van der Waals surface area contributed by atoms with Crippen LogP contribution in [0.5, 0.6) is 0 Å². The largest absolute Gasteiger partial charge is 0.481 e. The molecule has 0 aliphatic heterocycles. The highest BCUT2D eigenvalue weighted by molar-refractivity contribution is 8.02. The molecule has 3 nitrogen and oxygen atoms in total. The van der Waals surface area contributed by atoms with Crippen LogP contribution in [0.15, 0.2) is 53.9 Å². The Bertz CT molecular complexity index is 1060. The average Bonchev–Trinajstić information content (AvgIpc) is 3.04. The molecule has 3 rings (SSSR count). The van der Waals surface area contributed by atoms with E-state index in [1.165, 1.54) is 35.6 Å². The van der Waals surface area contributed by atoms with E-state index < -0.39 is 15.2 Å². The predicted octanol–water partition coefficient (Wildman–Crippen LogP) is 5.10. The van der Waals surface area contributed by atoms with E-state index in [-0.39, 0.29) is 11.5 Å². The van der Waals surface area contributed by atoms with Gasteiger partial charge in [0.15, 0.2) is 0 Å². The summed E-state index contributed by atoms with van der Waals surface area (Å²) in [7, 11) is -4.50. The molecule has 1 unspecified atom stereocenters. The normalized spacial score (nSPS) is 13.9. The Hall–Kier alpha value is -2.39. The van der Waals surface area contributed by atoms with Crippen molar-refractivity contribution in [1.29, 1.82) is 0 Å². The van der Waals surface area contributed by atoms with Crippen molar-refractivity contribution in [1.82, 2.24) is 4.98 Å². The molecule has 27 heavy (non-hydrogen) atoms. The van der Waals surface area contributed by atoms with E-state index in [2.05, 4.69) is 10.9 Å². The third kappa shape index (κ3) is 4.48. The summed E-state index contributed by atoms with van der Waals surface area (Å²) in [5, 5.41) is 2.41. The maximum atomic E-state index is 13.8. The molecule has 1 N–H and O–H groups in total. The second-order valence-corrected chi connectivity index (χ2v) is 8.66. The Morgan fingerprint density at radius 2 is 1.89 bits per heavy atom. The molecule has 1 aromatic heterocycles. The van der Waals surface area contributed by atoms with Crippen LogP contribution in [0.1, 0.15) is 10.6 Å². The smallest absolute Gasteiger partial charge is 0.306 e. The highest BCUT2D eigenvalue weighted by atomic mass is 32.2. The monoisotopic (exact) mass is 414 g/mol. The van der Waals surface area contributed by atoms with E-state index in [4.69, 9.17) is 0 Å². The molecule has 0 radical (unpaired) electrons. The van der Waals surface area contributed by atoms with Crippen LogP contribution >= 0.6 is 11.3 Å².